The van der Waals surface area contributed by atoms with Gasteiger partial charge in [0, 0.05) is 0 Å². The van der Waals surface area contributed by atoms with Crippen LogP contribution in [0.3, 0.4) is 0 Å². The summed E-state index contributed by atoms with van der Waals surface area (Å²) < 4.78 is 0. The van der Waals surface area contributed by atoms with Crippen LogP contribution in [-0.4, -0.2) is 0 Å². The molecular weight excluding hydrogens is 202 g/mol. The van der Waals surface area contributed by atoms with Crippen LogP contribution in [0.15, 0.2) is 11.4 Å². The van der Waals surface area contributed by atoms with Crippen molar-refractivity contribution in [3.63, 3.8) is 0 Å². The van der Waals surface area contributed by atoms with Crippen LogP contribution in [0.1, 0.15) is 57.4 Å². The molecule has 0 unspecified atom stereocenters. The molecule has 0 fully saturated rings. The maximum Gasteiger partial charge on any atom is 0.0888 e. The van der Waals surface area contributed by atoms with Crippen molar-refractivity contribution in [2.24, 2.45) is 0 Å². The summed E-state index contributed by atoms with van der Waals surface area (Å²) in [5, 5.41) is 3.10. The van der Waals surface area contributed by atoms with Gasteiger partial charge in [0.2, 0.25) is 0 Å². The number of thiophene rings is 1. The van der Waals surface area contributed by atoms with Gasteiger partial charge >= 0.3 is 0 Å². The van der Waals surface area contributed by atoms with Gasteiger partial charge in [0.1, 0.15) is 0 Å². The van der Waals surface area contributed by atoms with Gasteiger partial charge in [0.05, 0.1) is 5.00 Å². The quantitative estimate of drug-likeness (QED) is 0.642. The van der Waals surface area contributed by atoms with Crippen LogP contribution in [0, 0.1) is 0 Å². The molecular formula is C13H23NS. The highest BCUT2D eigenvalue weighted by Gasteiger charge is 1.99. The highest BCUT2D eigenvalue weighted by atomic mass is 32.1. The van der Waals surface area contributed by atoms with Crippen molar-refractivity contribution in [3.8, 4) is 0 Å². The van der Waals surface area contributed by atoms with E-state index in [1.807, 2.05) is 0 Å². The van der Waals surface area contributed by atoms with E-state index in [0.29, 0.717) is 0 Å². The molecule has 1 aromatic rings. The Balaban J connectivity index is 1.96. The highest BCUT2D eigenvalue weighted by Crippen LogP contribution is 2.21. The average Bonchev–Trinajstić information content (AvgIpc) is 2.63. The minimum atomic E-state index is 1.01. The molecule has 1 aromatic heterocycles. The molecule has 1 nitrogen and oxygen atoms in total. The number of hydrogen-bond donors (Lipinski definition) is 1. The lowest BCUT2D eigenvalue weighted by Gasteiger charge is -2.01. The van der Waals surface area contributed by atoms with E-state index in [9.17, 15) is 0 Å². The van der Waals surface area contributed by atoms with Gasteiger partial charge in [0.25, 0.3) is 0 Å². The Morgan fingerprint density at radius 1 is 1.07 bits per heavy atom. The Morgan fingerprint density at radius 2 is 1.73 bits per heavy atom. The lowest BCUT2D eigenvalue weighted by molar-refractivity contribution is 0.590. The number of anilines is 1. The molecule has 0 bridgehead atoms. The third-order valence-corrected chi connectivity index (χ3v) is 3.62. The average molecular weight is 225 g/mol. The smallest absolute Gasteiger partial charge is 0.0888 e. The summed E-state index contributed by atoms with van der Waals surface area (Å²) in [5.74, 6) is 0. The fraction of sp³-hybridized carbons (Fsp3) is 0.692. The highest BCUT2D eigenvalue weighted by molar-refractivity contribution is 7.14. The van der Waals surface area contributed by atoms with Crippen molar-refractivity contribution < 1.29 is 0 Å². The first-order chi connectivity index (χ1) is 7.34. The van der Waals surface area contributed by atoms with Gasteiger partial charge in [-0.15, -0.1) is 11.3 Å². The second-order valence-corrected chi connectivity index (χ2v) is 5.13. The second kappa shape index (κ2) is 7.75. The SMILES string of the molecule is CCCCCCCCCc1ccsc1N. The van der Waals surface area contributed by atoms with Crippen molar-refractivity contribution in [1.29, 1.82) is 0 Å². The van der Waals surface area contributed by atoms with E-state index in [1.54, 1.807) is 11.3 Å². The van der Waals surface area contributed by atoms with Gasteiger partial charge in [-0.05, 0) is 29.9 Å². The van der Waals surface area contributed by atoms with E-state index in [2.05, 4.69) is 18.4 Å². The molecule has 2 N–H and O–H groups in total. The van der Waals surface area contributed by atoms with Crippen molar-refractivity contribution in [2.45, 2.75) is 58.3 Å². The maximum absolute atomic E-state index is 5.84. The van der Waals surface area contributed by atoms with Crippen molar-refractivity contribution in [1.82, 2.24) is 0 Å². The van der Waals surface area contributed by atoms with Crippen LogP contribution in [0.4, 0.5) is 5.00 Å². The summed E-state index contributed by atoms with van der Waals surface area (Å²) in [5.41, 5.74) is 7.19. The summed E-state index contributed by atoms with van der Waals surface area (Å²) in [7, 11) is 0. The second-order valence-electron chi connectivity index (χ2n) is 4.18. The third-order valence-electron chi connectivity index (χ3n) is 2.83. The van der Waals surface area contributed by atoms with Gasteiger partial charge in [-0.1, -0.05) is 45.4 Å². The molecule has 0 aliphatic rings. The van der Waals surface area contributed by atoms with E-state index in [-0.39, 0.29) is 0 Å². The normalized spacial score (nSPS) is 10.7. The molecule has 1 rings (SSSR count). The minimum Gasteiger partial charge on any atom is -0.390 e. The number of aryl methyl sites for hydroxylation is 1. The monoisotopic (exact) mass is 225 g/mol. The molecule has 2 heteroatoms. The first-order valence-corrected chi connectivity index (χ1v) is 7.04. The predicted molar refractivity (Wildman–Crippen MR) is 70.4 cm³/mol. The largest absolute Gasteiger partial charge is 0.390 e. The molecule has 86 valence electrons. The van der Waals surface area contributed by atoms with Crippen molar-refractivity contribution >= 4 is 16.3 Å². The molecule has 0 radical (unpaired) electrons. The van der Waals surface area contributed by atoms with Crippen LogP contribution in [-0.2, 0) is 6.42 Å². The van der Waals surface area contributed by atoms with Gasteiger partial charge in [-0.25, -0.2) is 0 Å². The molecule has 15 heavy (non-hydrogen) atoms. The molecule has 0 saturated carbocycles. The zero-order valence-electron chi connectivity index (χ0n) is 9.80. The molecule has 1 heterocycles. The van der Waals surface area contributed by atoms with Gasteiger partial charge in [-0.2, -0.15) is 0 Å². The fourth-order valence-corrected chi connectivity index (χ4v) is 2.53. The summed E-state index contributed by atoms with van der Waals surface area (Å²) >= 11 is 1.66. The van der Waals surface area contributed by atoms with Crippen LogP contribution >= 0.6 is 11.3 Å². The Morgan fingerprint density at radius 3 is 2.33 bits per heavy atom. The molecule has 0 amide bonds. The number of nitrogens with two attached hydrogens (primary N) is 1. The van der Waals surface area contributed by atoms with E-state index in [1.165, 1.54) is 56.9 Å². The van der Waals surface area contributed by atoms with Crippen LogP contribution in [0.5, 0.6) is 0 Å². The molecule has 0 aromatic carbocycles. The van der Waals surface area contributed by atoms with Crippen LogP contribution < -0.4 is 5.73 Å². The van der Waals surface area contributed by atoms with Gasteiger partial charge < -0.3 is 5.73 Å². The zero-order chi connectivity index (χ0) is 10.9. The lowest BCUT2D eigenvalue weighted by atomic mass is 10.1. The summed E-state index contributed by atoms with van der Waals surface area (Å²) in [6.45, 7) is 2.26. The van der Waals surface area contributed by atoms with Crippen molar-refractivity contribution in [2.75, 3.05) is 5.73 Å². The Kier molecular flexibility index (Phi) is 6.49. The summed E-state index contributed by atoms with van der Waals surface area (Å²) in [4.78, 5) is 0. The topological polar surface area (TPSA) is 26.0 Å². The van der Waals surface area contributed by atoms with E-state index in [0.717, 1.165) is 5.00 Å². The van der Waals surface area contributed by atoms with Gasteiger partial charge in [-0.3, -0.25) is 0 Å². The summed E-state index contributed by atoms with van der Waals surface area (Å²) in [6, 6.07) is 2.16. The first kappa shape index (κ1) is 12.6. The minimum absolute atomic E-state index is 1.01. The maximum atomic E-state index is 5.84. The Labute approximate surface area is 97.7 Å². The first-order valence-electron chi connectivity index (χ1n) is 6.16. The number of rotatable bonds is 8. The number of nitrogen functional groups attached to an aromatic ring is 1. The van der Waals surface area contributed by atoms with E-state index < -0.39 is 0 Å². The van der Waals surface area contributed by atoms with Crippen LogP contribution in [0.2, 0.25) is 0 Å². The Hall–Kier alpha value is -0.500. The summed E-state index contributed by atoms with van der Waals surface area (Å²) in [6.07, 6.45) is 10.8. The Bertz CT molecular complexity index is 255. The molecule has 0 aliphatic carbocycles. The van der Waals surface area contributed by atoms with E-state index in [4.69, 9.17) is 5.73 Å². The number of unbranched alkanes of at least 4 members (excludes halogenated alkanes) is 6. The molecule has 0 spiro atoms. The van der Waals surface area contributed by atoms with Crippen LogP contribution in [0.25, 0.3) is 0 Å². The fourth-order valence-electron chi connectivity index (χ4n) is 1.83. The third kappa shape index (κ3) is 5.22. The molecule has 0 saturated heterocycles. The zero-order valence-corrected chi connectivity index (χ0v) is 10.6. The molecule has 0 atom stereocenters. The van der Waals surface area contributed by atoms with Gasteiger partial charge in [0.15, 0.2) is 0 Å². The molecule has 0 aliphatic heterocycles. The number of hydrogen-bond acceptors (Lipinski definition) is 2. The van der Waals surface area contributed by atoms with E-state index >= 15 is 0 Å². The lowest BCUT2D eigenvalue weighted by Crippen LogP contribution is -1.89. The standard InChI is InChI=1S/C13H23NS/c1-2-3-4-5-6-7-8-9-12-10-11-15-13(12)14/h10-11H,2-9,14H2,1H3. The predicted octanol–water partition coefficient (Wildman–Crippen LogP) is 4.62. The van der Waals surface area contributed by atoms with Crippen molar-refractivity contribution in [3.05, 3.63) is 17.0 Å².